The maximum atomic E-state index is 13.9. The molecule has 4 bridgehead atoms. The van der Waals surface area contributed by atoms with Crippen LogP contribution in [0.2, 0.25) is 0 Å². The average Bonchev–Trinajstić information content (AvgIpc) is 3.22. The van der Waals surface area contributed by atoms with Crippen molar-refractivity contribution in [3.63, 3.8) is 0 Å². The molecule has 3 heterocycles. The van der Waals surface area contributed by atoms with Gasteiger partial charge in [0, 0.05) is 18.0 Å². The fourth-order valence-corrected chi connectivity index (χ4v) is 5.34. The molecule has 37 heavy (non-hydrogen) atoms. The third kappa shape index (κ3) is 5.81. The molecule has 2 amide bonds. The lowest BCUT2D eigenvalue weighted by atomic mass is 9.85. The molecule has 2 aliphatic rings. The van der Waals surface area contributed by atoms with Crippen LogP contribution in [0.5, 0.6) is 5.88 Å². The molecule has 2 aliphatic heterocycles. The van der Waals surface area contributed by atoms with Crippen LogP contribution in [-0.4, -0.2) is 63.8 Å². The van der Waals surface area contributed by atoms with Gasteiger partial charge in [0.05, 0.1) is 12.6 Å². The molecule has 1 unspecified atom stereocenters. The molecule has 4 atom stereocenters. The third-order valence-electron chi connectivity index (χ3n) is 7.31. The van der Waals surface area contributed by atoms with Crippen LogP contribution >= 0.6 is 0 Å². The number of cyclic esters (lactones) is 1. The molecule has 0 aliphatic carbocycles. The van der Waals surface area contributed by atoms with E-state index < -0.39 is 47.6 Å². The summed E-state index contributed by atoms with van der Waals surface area (Å²) >= 11 is 0. The molecule has 1 fully saturated rings. The number of carbonyl (C=O) groups excluding carboxylic acids is 2. The van der Waals surface area contributed by atoms with Crippen LogP contribution in [0, 0.1) is 5.41 Å². The van der Waals surface area contributed by atoms with E-state index in [0.29, 0.717) is 18.7 Å². The van der Waals surface area contributed by atoms with E-state index in [0.717, 1.165) is 35.6 Å². The van der Waals surface area contributed by atoms with Crippen molar-refractivity contribution in [2.75, 3.05) is 6.61 Å². The summed E-state index contributed by atoms with van der Waals surface area (Å²) in [5, 5.41) is 14.7. The van der Waals surface area contributed by atoms with Gasteiger partial charge in [-0.2, -0.15) is 0 Å². The highest BCUT2D eigenvalue weighted by Gasteiger charge is 2.51. The van der Waals surface area contributed by atoms with Crippen molar-refractivity contribution in [1.82, 2.24) is 15.2 Å². The van der Waals surface area contributed by atoms with E-state index in [-0.39, 0.29) is 13.0 Å². The number of hydrogen-bond donors (Lipinski definition) is 2. The summed E-state index contributed by atoms with van der Waals surface area (Å²) < 4.78 is 11.8. The van der Waals surface area contributed by atoms with Crippen LogP contribution < -0.4 is 10.1 Å². The van der Waals surface area contributed by atoms with E-state index in [1.807, 2.05) is 39.8 Å². The predicted octanol–water partition coefficient (Wildman–Crippen LogP) is 4.31. The highest BCUT2D eigenvalue weighted by atomic mass is 16.5. The summed E-state index contributed by atoms with van der Waals surface area (Å²) in [5.41, 5.74) is 0.474. The van der Waals surface area contributed by atoms with Crippen LogP contribution in [0.1, 0.15) is 65.4 Å². The maximum absolute atomic E-state index is 13.9. The van der Waals surface area contributed by atoms with Gasteiger partial charge in [0.1, 0.15) is 18.2 Å². The zero-order valence-corrected chi connectivity index (χ0v) is 22.0. The number of carbonyl (C=O) groups is 3. The quantitative estimate of drug-likeness (QED) is 0.617. The second kappa shape index (κ2) is 10.9. The van der Waals surface area contributed by atoms with Gasteiger partial charge in [-0.05, 0) is 60.6 Å². The van der Waals surface area contributed by atoms with Gasteiger partial charge < -0.3 is 24.8 Å². The van der Waals surface area contributed by atoms with Gasteiger partial charge in [0.15, 0.2) is 0 Å². The molecule has 9 heteroatoms. The molecule has 1 saturated heterocycles. The van der Waals surface area contributed by atoms with Gasteiger partial charge in [-0.15, -0.1) is 0 Å². The predicted molar refractivity (Wildman–Crippen MR) is 138 cm³/mol. The average molecular weight is 512 g/mol. The zero-order valence-electron chi connectivity index (χ0n) is 22.0. The van der Waals surface area contributed by atoms with Crippen molar-refractivity contribution in [2.24, 2.45) is 5.41 Å². The normalized spacial score (nSPS) is 25.7. The molecule has 2 N–H and O–H groups in total. The Morgan fingerprint density at radius 1 is 1.19 bits per heavy atom. The first kappa shape index (κ1) is 26.7. The van der Waals surface area contributed by atoms with E-state index in [1.54, 1.807) is 6.20 Å². The topological polar surface area (TPSA) is 118 Å². The van der Waals surface area contributed by atoms with E-state index in [9.17, 15) is 19.5 Å². The minimum atomic E-state index is -1.10. The number of pyridine rings is 1. The number of alkyl carbamates (subject to hydrolysis) is 1. The number of carboxylic acids is 1. The summed E-state index contributed by atoms with van der Waals surface area (Å²) in [6.07, 6.45) is 4.44. The molecule has 9 nitrogen and oxygen atoms in total. The minimum absolute atomic E-state index is 0.124. The molecule has 0 spiro atoms. The lowest BCUT2D eigenvalue weighted by Crippen LogP contribution is -2.59. The van der Waals surface area contributed by atoms with Crippen LogP contribution in [0.4, 0.5) is 4.79 Å². The van der Waals surface area contributed by atoms with Gasteiger partial charge in [0.2, 0.25) is 11.8 Å². The molecule has 0 saturated carbocycles. The lowest BCUT2D eigenvalue weighted by molar-refractivity contribution is -0.152. The number of aromatic nitrogens is 1. The Morgan fingerprint density at radius 2 is 1.97 bits per heavy atom. The summed E-state index contributed by atoms with van der Waals surface area (Å²) in [4.78, 5) is 44.8. The number of aliphatic carboxylic acids is 1. The first-order valence-electron chi connectivity index (χ1n) is 13.1. The first-order chi connectivity index (χ1) is 17.6. The number of carboxylic acid groups (broad SMARTS) is 1. The monoisotopic (exact) mass is 511 g/mol. The Morgan fingerprint density at radius 3 is 2.68 bits per heavy atom. The third-order valence-corrected chi connectivity index (χ3v) is 7.31. The van der Waals surface area contributed by atoms with Gasteiger partial charge in [-0.3, -0.25) is 4.79 Å². The fraction of sp³-hybridized carbons (Fsp3) is 0.571. The number of ether oxygens (including phenoxy) is 2. The second-order valence-electron chi connectivity index (χ2n) is 11.0. The van der Waals surface area contributed by atoms with Crippen molar-refractivity contribution in [1.29, 1.82) is 0 Å². The van der Waals surface area contributed by atoms with Gasteiger partial charge in [-0.1, -0.05) is 39.8 Å². The standard InChI is InChI=1S/C28H37N3O6/c1-5-20-22-16-21(26(33)34)31(20)25(32)23(28(2,3)4)30-27(35)36-14-8-6-7-9-17-10-11-18-12-13-29-24(37-22)19(18)15-17/h10-13,15,20-23H,5-9,14,16H2,1-4H3,(H,30,35)(H,33,34)/t20?,21-,22+,23+/m0/s1. The molecule has 1 aromatic carbocycles. The van der Waals surface area contributed by atoms with Gasteiger partial charge in [-0.25, -0.2) is 14.6 Å². The molecule has 200 valence electrons. The minimum Gasteiger partial charge on any atom is -0.480 e. The van der Waals surface area contributed by atoms with Crippen molar-refractivity contribution in [2.45, 2.75) is 90.4 Å². The highest BCUT2D eigenvalue weighted by Crippen LogP contribution is 2.35. The molecule has 4 rings (SSSR count). The Kier molecular flexibility index (Phi) is 7.90. The SMILES string of the molecule is CCC1[C@H]2C[C@@H](C(=O)O)N1C(=O)[C@H](C(C)(C)C)NC(=O)OCCCCCc1ccc3ccnc(c3c1)O2. The maximum Gasteiger partial charge on any atom is 0.407 e. The number of rotatable bonds is 2. The number of fused-ring (bicyclic) bond motifs is 3. The van der Waals surface area contributed by atoms with Crippen LogP contribution in [0.25, 0.3) is 10.8 Å². The highest BCUT2D eigenvalue weighted by molar-refractivity contribution is 5.91. The molecule has 0 radical (unpaired) electrons. The Balaban J connectivity index is 1.76. The first-order valence-corrected chi connectivity index (χ1v) is 13.1. The zero-order chi connectivity index (χ0) is 26.7. The lowest BCUT2D eigenvalue weighted by Gasteiger charge is -2.37. The number of nitrogens with zero attached hydrogens (tertiary/aromatic N) is 2. The number of aryl methyl sites for hydroxylation is 1. The number of nitrogens with one attached hydrogen (secondary N) is 1. The Bertz CT molecular complexity index is 1160. The van der Waals surface area contributed by atoms with Crippen molar-refractivity contribution in [3.8, 4) is 5.88 Å². The second-order valence-corrected chi connectivity index (χ2v) is 11.0. The van der Waals surface area contributed by atoms with Gasteiger partial charge in [0.25, 0.3) is 0 Å². The molecule has 1 aromatic heterocycles. The smallest absolute Gasteiger partial charge is 0.407 e. The fourth-order valence-electron chi connectivity index (χ4n) is 5.34. The van der Waals surface area contributed by atoms with Gasteiger partial charge >= 0.3 is 12.1 Å². The molecular formula is C28H37N3O6. The van der Waals surface area contributed by atoms with E-state index in [2.05, 4.69) is 22.4 Å². The largest absolute Gasteiger partial charge is 0.480 e. The van der Waals surface area contributed by atoms with Crippen molar-refractivity contribution in [3.05, 3.63) is 36.0 Å². The Labute approximate surface area is 217 Å². The molecule has 2 aromatic rings. The van der Waals surface area contributed by atoms with Crippen LogP contribution in [0.15, 0.2) is 30.5 Å². The number of benzene rings is 1. The van der Waals surface area contributed by atoms with Crippen molar-refractivity contribution >= 4 is 28.7 Å². The summed E-state index contributed by atoms with van der Waals surface area (Å²) in [6, 6.07) is 5.58. The van der Waals surface area contributed by atoms with Crippen LogP contribution in [0.3, 0.4) is 0 Å². The van der Waals surface area contributed by atoms with Crippen LogP contribution in [-0.2, 0) is 20.7 Å². The van der Waals surface area contributed by atoms with E-state index in [1.165, 1.54) is 4.90 Å². The van der Waals surface area contributed by atoms with Crippen molar-refractivity contribution < 1.29 is 29.0 Å². The number of hydrogen-bond acceptors (Lipinski definition) is 6. The summed E-state index contributed by atoms with van der Waals surface area (Å²) in [5.74, 6) is -1.12. The van der Waals surface area contributed by atoms with E-state index in [4.69, 9.17) is 9.47 Å². The van der Waals surface area contributed by atoms with E-state index >= 15 is 0 Å². The number of amides is 2. The Hall–Kier alpha value is -3.36. The molecular weight excluding hydrogens is 474 g/mol. The summed E-state index contributed by atoms with van der Waals surface area (Å²) in [7, 11) is 0. The summed E-state index contributed by atoms with van der Waals surface area (Å²) in [6.45, 7) is 7.65.